The number of aldehydes is 1. The van der Waals surface area contributed by atoms with Crippen molar-refractivity contribution in [2.75, 3.05) is 0 Å². The molecule has 2 aromatic heterocycles. The van der Waals surface area contributed by atoms with Gasteiger partial charge in [-0.1, -0.05) is 18.2 Å². The molecule has 1 aromatic carbocycles. The molecule has 3 aromatic rings. The van der Waals surface area contributed by atoms with Crippen LogP contribution in [0.25, 0.3) is 22.3 Å². The number of aryl methyl sites for hydroxylation is 1. The molecule has 0 spiro atoms. The smallest absolute Gasteiger partial charge is 0.166 e. The standard InChI is InChI=1S/C15H12N2O/c18-9-10-5-6-14-15-12(7-8-17(10)14)11-3-1-2-4-13(11)16-15/h1-6,9,16H,7-8H2. The Labute approximate surface area is 104 Å². The maximum Gasteiger partial charge on any atom is 0.166 e. The van der Waals surface area contributed by atoms with Crippen molar-refractivity contribution in [1.29, 1.82) is 0 Å². The van der Waals surface area contributed by atoms with E-state index in [0.29, 0.717) is 0 Å². The highest BCUT2D eigenvalue weighted by Crippen LogP contribution is 2.35. The lowest BCUT2D eigenvalue weighted by molar-refractivity contribution is 0.111. The lowest BCUT2D eigenvalue weighted by atomic mass is 10.0. The molecule has 0 atom stereocenters. The SMILES string of the molecule is O=Cc1ccc2n1CCc1c-2[nH]c2ccccc12. The molecule has 1 N–H and O–H groups in total. The van der Waals surface area contributed by atoms with Crippen LogP contribution in [0.1, 0.15) is 16.1 Å². The molecular formula is C15H12N2O. The van der Waals surface area contributed by atoms with Gasteiger partial charge in [0.2, 0.25) is 0 Å². The maximum atomic E-state index is 11.0. The van der Waals surface area contributed by atoms with Crippen LogP contribution in [-0.4, -0.2) is 15.8 Å². The fourth-order valence-electron chi connectivity index (χ4n) is 2.96. The Balaban J connectivity index is 2.06. The van der Waals surface area contributed by atoms with Crippen LogP contribution in [0.5, 0.6) is 0 Å². The molecule has 0 unspecified atom stereocenters. The number of carbonyl (C=O) groups excluding carboxylic acids is 1. The van der Waals surface area contributed by atoms with Crippen molar-refractivity contribution in [1.82, 2.24) is 9.55 Å². The number of hydrogen-bond acceptors (Lipinski definition) is 1. The third kappa shape index (κ3) is 1.11. The molecule has 0 aliphatic carbocycles. The highest BCUT2D eigenvalue weighted by atomic mass is 16.1. The van der Waals surface area contributed by atoms with Gasteiger partial charge >= 0.3 is 0 Å². The van der Waals surface area contributed by atoms with E-state index in [9.17, 15) is 4.79 Å². The third-order valence-corrected chi connectivity index (χ3v) is 3.79. The molecule has 3 heterocycles. The van der Waals surface area contributed by atoms with Crippen LogP contribution in [0, 0.1) is 0 Å². The molecule has 0 radical (unpaired) electrons. The van der Waals surface area contributed by atoms with Crippen molar-refractivity contribution in [3.05, 3.63) is 47.7 Å². The number of aromatic nitrogens is 2. The first-order valence-corrected chi connectivity index (χ1v) is 6.13. The molecule has 0 amide bonds. The van der Waals surface area contributed by atoms with Gasteiger partial charge in [-0.3, -0.25) is 4.79 Å². The highest BCUT2D eigenvalue weighted by molar-refractivity contribution is 5.91. The first-order chi connectivity index (χ1) is 8.88. The molecule has 3 heteroatoms. The van der Waals surface area contributed by atoms with E-state index in [1.807, 2.05) is 18.2 Å². The van der Waals surface area contributed by atoms with Gasteiger partial charge in [0.1, 0.15) is 0 Å². The summed E-state index contributed by atoms with van der Waals surface area (Å²) in [5, 5.41) is 1.30. The van der Waals surface area contributed by atoms with Crippen LogP contribution in [0.3, 0.4) is 0 Å². The summed E-state index contributed by atoms with van der Waals surface area (Å²) in [5.41, 5.74) is 5.58. The summed E-state index contributed by atoms with van der Waals surface area (Å²) >= 11 is 0. The largest absolute Gasteiger partial charge is 0.353 e. The molecule has 1 aliphatic heterocycles. The third-order valence-electron chi connectivity index (χ3n) is 3.79. The molecule has 0 bridgehead atoms. The van der Waals surface area contributed by atoms with E-state index < -0.39 is 0 Å². The highest BCUT2D eigenvalue weighted by Gasteiger charge is 2.21. The fourth-order valence-corrected chi connectivity index (χ4v) is 2.96. The Bertz CT molecular complexity index is 764. The van der Waals surface area contributed by atoms with Gasteiger partial charge in [0, 0.05) is 17.4 Å². The summed E-state index contributed by atoms with van der Waals surface area (Å²) in [6.07, 6.45) is 1.90. The Kier molecular flexibility index (Phi) is 1.81. The molecule has 88 valence electrons. The minimum absolute atomic E-state index is 0.759. The lowest BCUT2D eigenvalue weighted by Crippen LogP contribution is -2.12. The van der Waals surface area contributed by atoms with Gasteiger partial charge in [0.15, 0.2) is 6.29 Å². The molecular weight excluding hydrogens is 224 g/mol. The number of nitrogens with zero attached hydrogens (tertiary/aromatic N) is 1. The number of hydrogen-bond donors (Lipinski definition) is 1. The molecule has 3 nitrogen and oxygen atoms in total. The van der Waals surface area contributed by atoms with Crippen molar-refractivity contribution in [2.45, 2.75) is 13.0 Å². The van der Waals surface area contributed by atoms with E-state index in [1.165, 1.54) is 16.5 Å². The Morgan fingerprint density at radius 1 is 1.17 bits per heavy atom. The second-order valence-electron chi connectivity index (χ2n) is 4.69. The van der Waals surface area contributed by atoms with Crippen LogP contribution in [0.4, 0.5) is 0 Å². The monoisotopic (exact) mass is 236 g/mol. The number of fused-ring (bicyclic) bond motifs is 5. The second-order valence-corrected chi connectivity index (χ2v) is 4.69. The van der Waals surface area contributed by atoms with Crippen LogP contribution in [0.15, 0.2) is 36.4 Å². The van der Waals surface area contributed by atoms with E-state index in [0.717, 1.165) is 36.3 Å². The number of H-pyrrole nitrogens is 1. The van der Waals surface area contributed by atoms with Gasteiger partial charge in [0.25, 0.3) is 0 Å². The summed E-state index contributed by atoms with van der Waals surface area (Å²) < 4.78 is 2.09. The zero-order chi connectivity index (χ0) is 12.1. The van der Waals surface area contributed by atoms with Crippen LogP contribution >= 0.6 is 0 Å². The summed E-state index contributed by atoms with van der Waals surface area (Å²) in [5.74, 6) is 0. The van der Waals surface area contributed by atoms with Gasteiger partial charge in [0.05, 0.1) is 17.1 Å². The number of nitrogens with one attached hydrogen (secondary N) is 1. The maximum absolute atomic E-state index is 11.0. The minimum atomic E-state index is 0.759. The predicted molar refractivity (Wildman–Crippen MR) is 70.8 cm³/mol. The minimum Gasteiger partial charge on any atom is -0.353 e. The Hall–Kier alpha value is -2.29. The number of benzene rings is 1. The molecule has 0 saturated heterocycles. The first kappa shape index (κ1) is 9.71. The molecule has 0 saturated carbocycles. The lowest BCUT2D eigenvalue weighted by Gasteiger charge is -2.17. The van der Waals surface area contributed by atoms with E-state index in [1.54, 1.807) is 0 Å². The normalized spacial score (nSPS) is 13.3. The quantitative estimate of drug-likeness (QED) is 0.648. The van der Waals surface area contributed by atoms with Crippen molar-refractivity contribution < 1.29 is 4.79 Å². The van der Waals surface area contributed by atoms with Crippen LogP contribution in [0.2, 0.25) is 0 Å². The predicted octanol–water partition coefficient (Wildman–Crippen LogP) is 3.01. The summed E-state index contributed by atoms with van der Waals surface area (Å²) in [6, 6.07) is 12.3. The van der Waals surface area contributed by atoms with Crippen molar-refractivity contribution in [3.63, 3.8) is 0 Å². The number of aromatic amines is 1. The van der Waals surface area contributed by atoms with E-state index in [-0.39, 0.29) is 0 Å². The van der Waals surface area contributed by atoms with Gasteiger partial charge in [-0.25, -0.2) is 0 Å². The summed E-state index contributed by atoms with van der Waals surface area (Å²) in [4.78, 5) is 14.5. The number of carbonyl (C=O) groups is 1. The Morgan fingerprint density at radius 3 is 2.94 bits per heavy atom. The average Bonchev–Trinajstić information content (AvgIpc) is 2.99. The van der Waals surface area contributed by atoms with Crippen molar-refractivity contribution in [2.24, 2.45) is 0 Å². The van der Waals surface area contributed by atoms with Crippen LogP contribution < -0.4 is 0 Å². The number of rotatable bonds is 1. The molecule has 1 aliphatic rings. The average molecular weight is 236 g/mol. The zero-order valence-electron chi connectivity index (χ0n) is 9.81. The van der Waals surface area contributed by atoms with Crippen molar-refractivity contribution >= 4 is 17.2 Å². The van der Waals surface area contributed by atoms with Gasteiger partial charge in [-0.15, -0.1) is 0 Å². The zero-order valence-corrected chi connectivity index (χ0v) is 9.81. The summed E-state index contributed by atoms with van der Waals surface area (Å²) in [7, 11) is 0. The van der Waals surface area contributed by atoms with Gasteiger partial charge < -0.3 is 9.55 Å². The van der Waals surface area contributed by atoms with Crippen LogP contribution in [-0.2, 0) is 13.0 Å². The fraction of sp³-hybridized carbons (Fsp3) is 0.133. The topological polar surface area (TPSA) is 37.8 Å². The van der Waals surface area contributed by atoms with E-state index >= 15 is 0 Å². The molecule has 4 rings (SSSR count). The van der Waals surface area contributed by atoms with Gasteiger partial charge in [-0.05, 0) is 30.2 Å². The number of para-hydroxylation sites is 1. The molecule has 0 fully saturated rings. The molecule has 18 heavy (non-hydrogen) atoms. The summed E-state index contributed by atoms with van der Waals surface area (Å²) in [6.45, 7) is 0.880. The Morgan fingerprint density at radius 2 is 2.06 bits per heavy atom. The first-order valence-electron chi connectivity index (χ1n) is 6.13. The second kappa shape index (κ2) is 3.35. The van der Waals surface area contributed by atoms with Gasteiger partial charge in [-0.2, -0.15) is 0 Å². The van der Waals surface area contributed by atoms with E-state index in [4.69, 9.17) is 0 Å². The van der Waals surface area contributed by atoms with Crippen molar-refractivity contribution in [3.8, 4) is 11.4 Å². The van der Waals surface area contributed by atoms with E-state index in [2.05, 4.69) is 27.8 Å².